The summed E-state index contributed by atoms with van der Waals surface area (Å²) in [5, 5.41) is 15.3. The fourth-order valence-electron chi connectivity index (χ4n) is 2.43. The molecule has 0 aliphatic heterocycles. The van der Waals surface area contributed by atoms with Crippen LogP contribution in [0, 0.1) is 6.92 Å². The molecular formula is C21H20N4O3. The molecule has 3 rings (SSSR count). The molecule has 7 heteroatoms. The van der Waals surface area contributed by atoms with Gasteiger partial charge in [-0.3, -0.25) is 0 Å². The minimum atomic E-state index is -0.969. The second-order valence-electron chi connectivity index (χ2n) is 5.97. The van der Waals surface area contributed by atoms with Crippen molar-refractivity contribution in [2.45, 2.75) is 6.92 Å². The molecule has 1 aromatic heterocycles. The number of benzene rings is 2. The smallest absolute Gasteiger partial charge is 0.335 e. The van der Waals surface area contributed by atoms with Gasteiger partial charge in [-0.1, -0.05) is 18.7 Å². The summed E-state index contributed by atoms with van der Waals surface area (Å²) >= 11 is 0. The van der Waals surface area contributed by atoms with Crippen LogP contribution in [-0.2, 0) is 0 Å². The van der Waals surface area contributed by atoms with Crippen LogP contribution in [0.25, 0.3) is 0 Å². The average Bonchev–Trinajstić information content (AvgIpc) is 2.69. The zero-order chi connectivity index (χ0) is 19.9. The quantitative estimate of drug-likeness (QED) is 0.497. The molecule has 0 fully saturated rings. The number of rotatable bonds is 8. The highest BCUT2D eigenvalue weighted by Gasteiger charge is 2.06. The van der Waals surface area contributed by atoms with Gasteiger partial charge >= 0.3 is 5.97 Å². The minimum absolute atomic E-state index is 0.218. The minimum Gasteiger partial charge on any atom is -0.489 e. The third-order valence-electron chi connectivity index (χ3n) is 3.88. The Morgan fingerprint density at radius 1 is 1.18 bits per heavy atom. The van der Waals surface area contributed by atoms with E-state index in [1.807, 2.05) is 25.1 Å². The first kappa shape index (κ1) is 18.9. The molecule has 28 heavy (non-hydrogen) atoms. The van der Waals surface area contributed by atoms with Crippen LogP contribution in [0.5, 0.6) is 5.75 Å². The molecule has 0 aliphatic carbocycles. The highest BCUT2D eigenvalue weighted by Crippen LogP contribution is 2.25. The van der Waals surface area contributed by atoms with Crippen molar-refractivity contribution >= 4 is 29.1 Å². The summed E-state index contributed by atoms with van der Waals surface area (Å²) in [7, 11) is 0. The predicted octanol–water partition coefficient (Wildman–Crippen LogP) is 4.54. The van der Waals surface area contributed by atoms with Crippen molar-refractivity contribution in [2.75, 3.05) is 17.2 Å². The van der Waals surface area contributed by atoms with Crippen molar-refractivity contribution in [2.24, 2.45) is 0 Å². The second kappa shape index (κ2) is 8.68. The summed E-state index contributed by atoms with van der Waals surface area (Å²) in [5.41, 5.74) is 2.83. The predicted molar refractivity (Wildman–Crippen MR) is 109 cm³/mol. The van der Waals surface area contributed by atoms with E-state index in [4.69, 9.17) is 9.84 Å². The van der Waals surface area contributed by atoms with Gasteiger partial charge in [0.05, 0.1) is 5.56 Å². The van der Waals surface area contributed by atoms with E-state index in [1.165, 1.54) is 12.1 Å². The molecule has 0 saturated heterocycles. The van der Waals surface area contributed by atoms with E-state index < -0.39 is 5.97 Å². The van der Waals surface area contributed by atoms with Gasteiger partial charge in [-0.15, -0.1) is 0 Å². The lowest BCUT2D eigenvalue weighted by Crippen LogP contribution is -2.02. The number of carboxylic acids is 1. The van der Waals surface area contributed by atoms with E-state index in [9.17, 15) is 4.79 Å². The first-order chi connectivity index (χ1) is 13.5. The van der Waals surface area contributed by atoms with E-state index in [-0.39, 0.29) is 5.56 Å². The lowest BCUT2D eigenvalue weighted by Gasteiger charge is -2.12. The number of carboxylic acid groups (broad SMARTS) is 1. The lowest BCUT2D eigenvalue weighted by molar-refractivity contribution is 0.0697. The molecule has 0 radical (unpaired) electrons. The van der Waals surface area contributed by atoms with Crippen molar-refractivity contribution in [1.82, 2.24) is 9.97 Å². The van der Waals surface area contributed by atoms with Gasteiger partial charge in [-0.05, 0) is 48.9 Å². The largest absolute Gasteiger partial charge is 0.489 e. The number of ether oxygens (including phenoxy) is 1. The third-order valence-corrected chi connectivity index (χ3v) is 3.88. The van der Waals surface area contributed by atoms with Crippen molar-refractivity contribution in [1.29, 1.82) is 0 Å². The molecule has 0 amide bonds. The van der Waals surface area contributed by atoms with Crippen molar-refractivity contribution in [3.63, 3.8) is 0 Å². The molecule has 3 N–H and O–H groups in total. The fourth-order valence-corrected chi connectivity index (χ4v) is 2.43. The molecular weight excluding hydrogens is 356 g/mol. The van der Waals surface area contributed by atoms with Crippen molar-refractivity contribution in [3.05, 3.63) is 78.5 Å². The second-order valence-corrected chi connectivity index (χ2v) is 5.97. The highest BCUT2D eigenvalue weighted by molar-refractivity contribution is 5.88. The number of anilines is 4. The fraction of sp³-hybridized carbons (Fsp3) is 0.0952. The number of carbonyl (C=O) groups is 1. The van der Waals surface area contributed by atoms with Crippen LogP contribution in [0.2, 0.25) is 0 Å². The number of aromatic carboxylic acids is 1. The lowest BCUT2D eigenvalue weighted by atomic mass is 10.2. The molecule has 0 saturated carbocycles. The normalized spacial score (nSPS) is 10.2. The van der Waals surface area contributed by atoms with Crippen molar-refractivity contribution in [3.8, 4) is 5.75 Å². The summed E-state index contributed by atoms with van der Waals surface area (Å²) in [6.45, 7) is 6.07. The van der Waals surface area contributed by atoms with Gasteiger partial charge in [0.1, 0.15) is 18.2 Å². The van der Waals surface area contributed by atoms with E-state index >= 15 is 0 Å². The maximum Gasteiger partial charge on any atom is 0.335 e. The number of nitrogens with zero attached hydrogens (tertiary/aromatic N) is 2. The van der Waals surface area contributed by atoms with Gasteiger partial charge in [0, 0.05) is 23.6 Å². The van der Waals surface area contributed by atoms with E-state index in [0.29, 0.717) is 24.1 Å². The molecule has 142 valence electrons. The molecule has 7 nitrogen and oxygen atoms in total. The first-order valence-corrected chi connectivity index (χ1v) is 8.60. The Bertz CT molecular complexity index is 987. The molecule has 0 unspecified atom stereocenters. The van der Waals surface area contributed by atoms with Gasteiger partial charge in [0.15, 0.2) is 0 Å². The van der Waals surface area contributed by atoms with Crippen LogP contribution in [0.15, 0.2) is 67.4 Å². The monoisotopic (exact) mass is 376 g/mol. The maximum absolute atomic E-state index is 10.9. The topological polar surface area (TPSA) is 96.4 Å². The van der Waals surface area contributed by atoms with Gasteiger partial charge < -0.3 is 20.5 Å². The van der Waals surface area contributed by atoms with Crippen LogP contribution in [0.3, 0.4) is 0 Å². The number of nitrogens with one attached hydrogen (secondary N) is 2. The summed E-state index contributed by atoms with van der Waals surface area (Å²) in [6, 6.07) is 13.9. The Morgan fingerprint density at radius 2 is 1.96 bits per heavy atom. The Kier molecular flexibility index (Phi) is 5.86. The third kappa shape index (κ3) is 4.85. The van der Waals surface area contributed by atoms with Crippen LogP contribution < -0.4 is 15.4 Å². The van der Waals surface area contributed by atoms with Crippen molar-refractivity contribution < 1.29 is 14.6 Å². The number of aromatic nitrogens is 2. The number of aryl methyl sites for hydroxylation is 1. The Labute approximate surface area is 162 Å². The molecule has 0 bridgehead atoms. The molecule has 1 heterocycles. The summed E-state index contributed by atoms with van der Waals surface area (Å²) in [5.74, 6) is 0.774. The summed E-state index contributed by atoms with van der Waals surface area (Å²) < 4.78 is 5.57. The molecule has 2 aromatic carbocycles. The Morgan fingerprint density at radius 3 is 2.68 bits per heavy atom. The van der Waals surface area contributed by atoms with Gasteiger partial charge in [-0.2, -0.15) is 4.98 Å². The van der Waals surface area contributed by atoms with Crippen LogP contribution in [0.1, 0.15) is 15.9 Å². The highest BCUT2D eigenvalue weighted by atomic mass is 16.5. The number of hydrogen-bond donors (Lipinski definition) is 3. The summed E-state index contributed by atoms with van der Waals surface area (Å²) in [6.07, 6.45) is 3.33. The van der Waals surface area contributed by atoms with E-state index in [1.54, 1.807) is 30.5 Å². The van der Waals surface area contributed by atoms with Gasteiger partial charge in [0.2, 0.25) is 5.95 Å². The molecule has 0 atom stereocenters. The standard InChI is InChI=1S/C21H20N4O3/c1-3-12-28-17-9-4-14(2)18(13-17)24-19-10-11-22-21(25-19)23-16-7-5-15(6-8-16)20(26)27/h3-11,13H,1,12H2,2H3,(H,26,27)(H2,22,23,24,25). The zero-order valence-electron chi connectivity index (χ0n) is 15.3. The first-order valence-electron chi connectivity index (χ1n) is 8.60. The van der Waals surface area contributed by atoms with Crippen LogP contribution in [-0.4, -0.2) is 27.7 Å². The van der Waals surface area contributed by atoms with Gasteiger partial charge in [0.25, 0.3) is 0 Å². The van der Waals surface area contributed by atoms with Crippen LogP contribution >= 0.6 is 0 Å². The van der Waals surface area contributed by atoms with Gasteiger partial charge in [-0.25, -0.2) is 9.78 Å². The SMILES string of the molecule is C=CCOc1ccc(C)c(Nc2ccnc(Nc3ccc(C(=O)O)cc3)n2)c1. The van der Waals surface area contributed by atoms with Crippen LogP contribution in [0.4, 0.5) is 23.1 Å². The zero-order valence-corrected chi connectivity index (χ0v) is 15.3. The summed E-state index contributed by atoms with van der Waals surface area (Å²) in [4.78, 5) is 19.6. The Balaban J connectivity index is 1.74. The molecule has 0 spiro atoms. The average molecular weight is 376 g/mol. The Hall–Kier alpha value is -3.87. The van der Waals surface area contributed by atoms with E-state index in [0.717, 1.165) is 17.0 Å². The number of hydrogen-bond acceptors (Lipinski definition) is 6. The molecule has 0 aliphatic rings. The molecule has 3 aromatic rings. The maximum atomic E-state index is 10.9. The van der Waals surface area contributed by atoms with E-state index in [2.05, 4.69) is 27.2 Å².